The molecule has 1 fully saturated rings. The highest BCUT2D eigenvalue weighted by molar-refractivity contribution is 7.22. The maximum Gasteiger partial charge on any atom is 0.184 e. The first kappa shape index (κ1) is 21.8. The largest absolute Gasteiger partial charge is 0.359 e. The third kappa shape index (κ3) is 4.92. The molecule has 162 valence electrons. The second-order valence-electron chi connectivity index (χ2n) is 8.95. The molecule has 0 aliphatic carbocycles. The summed E-state index contributed by atoms with van der Waals surface area (Å²) in [5.41, 5.74) is 1.84. The van der Waals surface area contributed by atoms with Crippen molar-refractivity contribution < 1.29 is 0 Å². The normalized spacial score (nSPS) is 17.5. The quantitative estimate of drug-likeness (QED) is 0.469. The fraction of sp³-hybridized carbons (Fsp3) is 0.462. The van der Waals surface area contributed by atoms with Crippen LogP contribution in [0.1, 0.15) is 45.1 Å². The van der Waals surface area contributed by atoms with Gasteiger partial charge in [0, 0.05) is 19.1 Å². The fourth-order valence-corrected chi connectivity index (χ4v) is 5.69. The zero-order valence-corrected chi connectivity index (χ0v) is 19.4. The topological polar surface area (TPSA) is 52.0 Å². The lowest BCUT2D eigenvalue weighted by Gasteiger charge is -2.35. The number of anilines is 1. The Bertz CT molecular complexity index is 982. The van der Waals surface area contributed by atoms with E-state index in [2.05, 4.69) is 60.5 Å². The van der Waals surface area contributed by atoms with Crippen LogP contribution in [0.4, 0.5) is 5.13 Å². The number of nitriles is 1. The molecule has 1 unspecified atom stereocenters. The van der Waals surface area contributed by atoms with E-state index in [1.54, 1.807) is 11.3 Å². The summed E-state index contributed by atoms with van der Waals surface area (Å²) in [6, 6.07) is 21.9. The van der Waals surface area contributed by atoms with Crippen molar-refractivity contribution in [1.29, 1.82) is 5.26 Å². The Morgan fingerprint density at radius 3 is 2.52 bits per heavy atom. The number of likely N-dealkylation sites (tertiary alicyclic amines) is 1. The molecule has 4 rings (SSSR count). The molecule has 1 aliphatic rings. The SMILES string of the molecule is CC(C)C(C#N)(CCCN1CCC(Nc2nc3ccccc3s2)CC1)c1ccccc1. The minimum absolute atomic E-state index is 0.295. The smallest absolute Gasteiger partial charge is 0.184 e. The Balaban J connectivity index is 1.27. The molecule has 0 radical (unpaired) electrons. The van der Waals surface area contributed by atoms with Gasteiger partial charge in [0.05, 0.1) is 21.7 Å². The first-order valence-corrected chi connectivity index (χ1v) is 12.2. The standard InChI is InChI=1S/C26H32N4S/c1-20(2)26(19-27,21-9-4-3-5-10-21)15-8-16-30-17-13-22(14-18-30)28-25-29-23-11-6-7-12-24(23)31-25/h3-7,9-12,20,22H,8,13-18H2,1-2H3,(H,28,29). The number of rotatable bonds is 8. The van der Waals surface area contributed by atoms with E-state index in [0.29, 0.717) is 12.0 Å². The van der Waals surface area contributed by atoms with Crippen molar-refractivity contribution in [3.05, 3.63) is 60.2 Å². The van der Waals surface area contributed by atoms with E-state index in [1.165, 1.54) is 4.70 Å². The monoisotopic (exact) mass is 432 g/mol. The summed E-state index contributed by atoms with van der Waals surface area (Å²) in [7, 11) is 0. The molecule has 2 aromatic carbocycles. The molecule has 1 aliphatic heterocycles. The molecule has 1 N–H and O–H groups in total. The van der Waals surface area contributed by atoms with Crippen LogP contribution >= 0.6 is 11.3 Å². The third-order valence-corrected chi connectivity index (χ3v) is 7.70. The number of nitrogens with one attached hydrogen (secondary N) is 1. The molecule has 5 heteroatoms. The Morgan fingerprint density at radius 2 is 1.84 bits per heavy atom. The summed E-state index contributed by atoms with van der Waals surface area (Å²) in [4.78, 5) is 7.28. The van der Waals surface area contributed by atoms with Gasteiger partial charge in [-0.1, -0.05) is 67.6 Å². The van der Waals surface area contributed by atoms with E-state index in [-0.39, 0.29) is 0 Å². The number of benzene rings is 2. The maximum absolute atomic E-state index is 10.1. The summed E-state index contributed by atoms with van der Waals surface area (Å²) in [5.74, 6) is 0.295. The van der Waals surface area contributed by atoms with Crippen molar-refractivity contribution in [2.45, 2.75) is 51.0 Å². The Labute approximate surface area is 189 Å². The number of hydrogen-bond donors (Lipinski definition) is 1. The van der Waals surface area contributed by atoms with Crippen molar-refractivity contribution in [1.82, 2.24) is 9.88 Å². The van der Waals surface area contributed by atoms with Crippen LogP contribution in [-0.2, 0) is 5.41 Å². The predicted octanol–water partition coefficient (Wildman–Crippen LogP) is 6.07. The number of piperidine rings is 1. The molecule has 0 spiro atoms. The number of aromatic nitrogens is 1. The van der Waals surface area contributed by atoms with Crippen molar-refractivity contribution in [3.63, 3.8) is 0 Å². The summed E-state index contributed by atoms with van der Waals surface area (Å²) < 4.78 is 1.24. The first-order valence-electron chi connectivity index (χ1n) is 11.4. The molecule has 2 heterocycles. The van der Waals surface area contributed by atoms with Gasteiger partial charge in [0.15, 0.2) is 5.13 Å². The lowest BCUT2D eigenvalue weighted by Crippen LogP contribution is -2.40. The van der Waals surface area contributed by atoms with Crippen molar-refractivity contribution in [2.75, 3.05) is 25.0 Å². The van der Waals surface area contributed by atoms with Crippen LogP contribution in [0, 0.1) is 17.2 Å². The van der Waals surface area contributed by atoms with Gasteiger partial charge in [0.2, 0.25) is 0 Å². The molecule has 1 atom stereocenters. The van der Waals surface area contributed by atoms with Gasteiger partial charge in [-0.25, -0.2) is 4.98 Å². The second kappa shape index (κ2) is 9.80. The van der Waals surface area contributed by atoms with Crippen LogP contribution in [0.3, 0.4) is 0 Å². The highest BCUT2D eigenvalue weighted by atomic mass is 32.1. The summed E-state index contributed by atoms with van der Waals surface area (Å²) in [5, 5.41) is 14.8. The Kier molecular flexibility index (Phi) is 6.89. The molecule has 31 heavy (non-hydrogen) atoms. The van der Waals surface area contributed by atoms with Crippen LogP contribution in [0.5, 0.6) is 0 Å². The molecule has 4 nitrogen and oxygen atoms in total. The first-order chi connectivity index (χ1) is 15.1. The zero-order valence-electron chi connectivity index (χ0n) is 18.6. The van der Waals surface area contributed by atoms with Crippen molar-refractivity contribution in [3.8, 4) is 6.07 Å². The number of fused-ring (bicyclic) bond motifs is 1. The van der Waals surface area contributed by atoms with E-state index in [0.717, 1.165) is 61.5 Å². The van der Waals surface area contributed by atoms with Gasteiger partial charge in [-0.05, 0) is 55.8 Å². The minimum Gasteiger partial charge on any atom is -0.359 e. The van der Waals surface area contributed by atoms with E-state index in [9.17, 15) is 5.26 Å². The number of thiazole rings is 1. The van der Waals surface area contributed by atoms with Gasteiger partial charge in [0.25, 0.3) is 0 Å². The van der Waals surface area contributed by atoms with E-state index >= 15 is 0 Å². The maximum atomic E-state index is 10.1. The van der Waals surface area contributed by atoms with Crippen LogP contribution in [0.15, 0.2) is 54.6 Å². The summed E-state index contributed by atoms with van der Waals surface area (Å²) >= 11 is 1.74. The number of nitrogens with zero attached hydrogens (tertiary/aromatic N) is 3. The van der Waals surface area contributed by atoms with Gasteiger partial charge >= 0.3 is 0 Å². The Morgan fingerprint density at radius 1 is 1.13 bits per heavy atom. The van der Waals surface area contributed by atoms with Crippen LogP contribution in [0.2, 0.25) is 0 Å². The van der Waals surface area contributed by atoms with Gasteiger partial charge < -0.3 is 10.2 Å². The van der Waals surface area contributed by atoms with E-state index in [1.807, 2.05) is 24.3 Å². The van der Waals surface area contributed by atoms with Gasteiger partial charge in [-0.2, -0.15) is 5.26 Å². The van der Waals surface area contributed by atoms with Gasteiger partial charge in [0.1, 0.15) is 0 Å². The minimum atomic E-state index is -0.395. The molecular formula is C26H32N4S. The van der Waals surface area contributed by atoms with Crippen LogP contribution < -0.4 is 5.32 Å². The highest BCUT2D eigenvalue weighted by Crippen LogP contribution is 2.36. The number of hydrogen-bond acceptors (Lipinski definition) is 5. The average molecular weight is 433 g/mol. The van der Waals surface area contributed by atoms with Crippen molar-refractivity contribution >= 4 is 26.7 Å². The summed E-state index contributed by atoms with van der Waals surface area (Å²) in [6.45, 7) is 7.63. The molecule has 0 bridgehead atoms. The van der Waals surface area contributed by atoms with Gasteiger partial charge in [-0.3, -0.25) is 0 Å². The molecular weight excluding hydrogens is 400 g/mol. The molecule has 1 aromatic heterocycles. The van der Waals surface area contributed by atoms with Crippen LogP contribution in [0.25, 0.3) is 10.2 Å². The lowest BCUT2D eigenvalue weighted by atomic mass is 9.70. The van der Waals surface area contributed by atoms with Crippen LogP contribution in [-0.4, -0.2) is 35.6 Å². The average Bonchev–Trinajstić information content (AvgIpc) is 3.21. The number of para-hydroxylation sites is 1. The molecule has 3 aromatic rings. The Hall–Kier alpha value is -2.42. The molecule has 0 saturated carbocycles. The van der Waals surface area contributed by atoms with E-state index < -0.39 is 5.41 Å². The zero-order chi connectivity index (χ0) is 21.7. The molecule has 0 amide bonds. The molecule has 1 saturated heterocycles. The second-order valence-corrected chi connectivity index (χ2v) is 9.99. The van der Waals surface area contributed by atoms with Gasteiger partial charge in [-0.15, -0.1) is 0 Å². The third-order valence-electron chi connectivity index (χ3n) is 6.73. The summed E-state index contributed by atoms with van der Waals surface area (Å²) in [6.07, 6.45) is 4.25. The van der Waals surface area contributed by atoms with Crippen molar-refractivity contribution in [2.24, 2.45) is 5.92 Å². The fourth-order valence-electron chi connectivity index (χ4n) is 4.74. The predicted molar refractivity (Wildman–Crippen MR) is 131 cm³/mol. The highest BCUT2D eigenvalue weighted by Gasteiger charge is 2.35. The lowest BCUT2D eigenvalue weighted by molar-refractivity contribution is 0.207. The van der Waals surface area contributed by atoms with E-state index in [4.69, 9.17) is 4.98 Å².